The van der Waals surface area contributed by atoms with Gasteiger partial charge in [0, 0.05) is 0 Å². The molecule has 1 atom stereocenters. The van der Waals surface area contributed by atoms with E-state index in [4.69, 9.17) is 5.11 Å². The van der Waals surface area contributed by atoms with Crippen molar-refractivity contribution in [2.75, 3.05) is 7.05 Å². The Morgan fingerprint density at radius 3 is 2.80 bits per heavy atom. The highest BCUT2D eigenvalue weighted by Crippen LogP contribution is 2.13. The van der Waals surface area contributed by atoms with Crippen LogP contribution >= 0.6 is 0 Å². The fourth-order valence-corrected chi connectivity index (χ4v) is 1.41. The van der Waals surface area contributed by atoms with Gasteiger partial charge in [0.15, 0.2) is 0 Å². The molecule has 1 aromatic rings. The minimum Gasteiger partial charge on any atom is -0.508 e. The number of rotatable bonds is 5. The van der Waals surface area contributed by atoms with Crippen molar-refractivity contribution in [1.29, 1.82) is 0 Å². The molecule has 0 saturated carbocycles. The lowest BCUT2D eigenvalue weighted by Gasteiger charge is -2.10. The number of carboxylic acid groups (broad SMARTS) is 1. The van der Waals surface area contributed by atoms with Crippen LogP contribution in [0.25, 0.3) is 0 Å². The zero-order valence-corrected chi connectivity index (χ0v) is 8.60. The third kappa shape index (κ3) is 3.59. The van der Waals surface area contributed by atoms with Gasteiger partial charge in [-0.25, -0.2) is 0 Å². The fourth-order valence-electron chi connectivity index (χ4n) is 1.41. The van der Waals surface area contributed by atoms with Gasteiger partial charge in [0.1, 0.15) is 11.8 Å². The van der Waals surface area contributed by atoms with Crippen LogP contribution in [0, 0.1) is 0 Å². The summed E-state index contributed by atoms with van der Waals surface area (Å²) in [5.74, 6) is -0.638. The first kappa shape index (κ1) is 11.5. The topological polar surface area (TPSA) is 69.6 Å². The number of nitrogens with one attached hydrogen (secondary N) is 1. The molecule has 4 nitrogen and oxygen atoms in total. The lowest BCUT2D eigenvalue weighted by atomic mass is 10.1. The van der Waals surface area contributed by atoms with Crippen molar-refractivity contribution in [3.8, 4) is 5.75 Å². The zero-order valence-electron chi connectivity index (χ0n) is 8.60. The molecule has 0 aromatic heterocycles. The monoisotopic (exact) mass is 209 g/mol. The minimum atomic E-state index is -0.849. The number of aryl methyl sites for hydroxylation is 1. The van der Waals surface area contributed by atoms with Crippen molar-refractivity contribution in [2.24, 2.45) is 0 Å². The second-order valence-electron chi connectivity index (χ2n) is 3.39. The maximum atomic E-state index is 10.7. The van der Waals surface area contributed by atoms with Gasteiger partial charge in [-0.15, -0.1) is 0 Å². The Balaban J connectivity index is 2.52. The average molecular weight is 209 g/mol. The van der Waals surface area contributed by atoms with E-state index in [2.05, 4.69) is 5.32 Å². The second kappa shape index (κ2) is 5.36. The molecular weight excluding hydrogens is 194 g/mol. The first-order valence-electron chi connectivity index (χ1n) is 4.81. The summed E-state index contributed by atoms with van der Waals surface area (Å²) in [7, 11) is 1.63. The largest absolute Gasteiger partial charge is 0.508 e. The Hall–Kier alpha value is -1.55. The second-order valence-corrected chi connectivity index (χ2v) is 3.39. The molecule has 0 aliphatic rings. The van der Waals surface area contributed by atoms with Crippen molar-refractivity contribution in [2.45, 2.75) is 18.9 Å². The van der Waals surface area contributed by atoms with Gasteiger partial charge in [-0.05, 0) is 37.6 Å². The highest BCUT2D eigenvalue weighted by Gasteiger charge is 2.13. The van der Waals surface area contributed by atoms with Crippen LogP contribution in [0.15, 0.2) is 24.3 Å². The fraction of sp³-hybridized carbons (Fsp3) is 0.364. The Bertz CT molecular complexity index is 338. The van der Waals surface area contributed by atoms with Crippen molar-refractivity contribution >= 4 is 5.97 Å². The van der Waals surface area contributed by atoms with Crippen LogP contribution in [-0.2, 0) is 11.2 Å². The summed E-state index contributed by atoms with van der Waals surface area (Å²) in [5.41, 5.74) is 0.941. The molecule has 0 fully saturated rings. The maximum absolute atomic E-state index is 10.7. The van der Waals surface area contributed by atoms with Gasteiger partial charge >= 0.3 is 5.97 Å². The van der Waals surface area contributed by atoms with Crippen molar-refractivity contribution in [3.05, 3.63) is 29.8 Å². The van der Waals surface area contributed by atoms with Gasteiger partial charge in [0.05, 0.1) is 0 Å². The van der Waals surface area contributed by atoms with Gasteiger partial charge in [-0.3, -0.25) is 4.79 Å². The summed E-state index contributed by atoms with van der Waals surface area (Å²) in [5, 5.41) is 20.7. The standard InChI is InChI=1S/C11H15NO3/c1-12-10(11(14)15)6-5-8-3-2-4-9(13)7-8/h2-4,7,10,12-13H,5-6H2,1H3,(H,14,15)/t10-/m0/s1. The van der Waals surface area contributed by atoms with Crippen LogP contribution in [0.5, 0.6) is 5.75 Å². The predicted octanol–water partition coefficient (Wildman–Crippen LogP) is 0.997. The van der Waals surface area contributed by atoms with Crippen LogP contribution in [-0.4, -0.2) is 29.3 Å². The van der Waals surface area contributed by atoms with Gasteiger partial charge in [-0.1, -0.05) is 12.1 Å². The highest BCUT2D eigenvalue weighted by molar-refractivity contribution is 5.73. The van der Waals surface area contributed by atoms with E-state index in [9.17, 15) is 9.90 Å². The Labute approximate surface area is 88.6 Å². The minimum absolute atomic E-state index is 0.212. The molecule has 0 heterocycles. The highest BCUT2D eigenvalue weighted by atomic mass is 16.4. The van der Waals surface area contributed by atoms with E-state index in [0.717, 1.165) is 5.56 Å². The molecule has 0 aliphatic carbocycles. The van der Waals surface area contributed by atoms with Crippen molar-refractivity contribution < 1.29 is 15.0 Å². The molecular formula is C11H15NO3. The number of likely N-dealkylation sites (N-methyl/N-ethyl adjacent to an activating group) is 1. The summed E-state index contributed by atoms with van der Waals surface area (Å²) >= 11 is 0. The van der Waals surface area contributed by atoms with Crippen LogP contribution in [0.1, 0.15) is 12.0 Å². The number of phenols is 1. The van der Waals surface area contributed by atoms with Gasteiger partial charge in [0.25, 0.3) is 0 Å². The average Bonchev–Trinajstić information content (AvgIpc) is 2.18. The molecule has 0 bridgehead atoms. The quantitative estimate of drug-likeness (QED) is 0.676. The Morgan fingerprint density at radius 2 is 2.27 bits per heavy atom. The number of benzene rings is 1. The molecule has 0 radical (unpaired) electrons. The van der Waals surface area contributed by atoms with Crippen LogP contribution in [0.2, 0.25) is 0 Å². The Kier molecular flexibility index (Phi) is 4.12. The van der Waals surface area contributed by atoms with Crippen molar-refractivity contribution in [1.82, 2.24) is 5.32 Å². The first-order chi connectivity index (χ1) is 7.13. The predicted molar refractivity (Wildman–Crippen MR) is 56.9 cm³/mol. The third-order valence-electron chi connectivity index (χ3n) is 2.28. The van der Waals surface area contributed by atoms with Crippen LogP contribution < -0.4 is 5.32 Å². The third-order valence-corrected chi connectivity index (χ3v) is 2.28. The molecule has 1 aromatic carbocycles. The number of hydrogen-bond donors (Lipinski definition) is 3. The van der Waals surface area contributed by atoms with E-state index in [1.54, 1.807) is 25.2 Å². The van der Waals surface area contributed by atoms with E-state index in [-0.39, 0.29) is 5.75 Å². The summed E-state index contributed by atoms with van der Waals surface area (Å²) in [6.07, 6.45) is 1.14. The van der Waals surface area contributed by atoms with E-state index >= 15 is 0 Å². The van der Waals surface area contributed by atoms with E-state index in [1.165, 1.54) is 0 Å². The molecule has 0 aliphatic heterocycles. The van der Waals surface area contributed by atoms with E-state index < -0.39 is 12.0 Å². The molecule has 3 N–H and O–H groups in total. The SMILES string of the molecule is CN[C@@H](CCc1cccc(O)c1)C(=O)O. The lowest BCUT2D eigenvalue weighted by molar-refractivity contribution is -0.139. The molecule has 4 heteroatoms. The maximum Gasteiger partial charge on any atom is 0.320 e. The Morgan fingerprint density at radius 1 is 1.53 bits per heavy atom. The summed E-state index contributed by atoms with van der Waals surface area (Å²) in [6.45, 7) is 0. The van der Waals surface area contributed by atoms with Crippen LogP contribution in [0.3, 0.4) is 0 Å². The van der Waals surface area contributed by atoms with E-state index in [0.29, 0.717) is 12.8 Å². The van der Waals surface area contributed by atoms with Crippen LogP contribution in [0.4, 0.5) is 0 Å². The lowest BCUT2D eigenvalue weighted by Crippen LogP contribution is -2.34. The molecule has 0 saturated heterocycles. The smallest absolute Gasteiger partial charge is 0.320 e. The van der Waals surface area contributed by atoms with E-state index in [1.807, 2.05) is 6.07 Å². The van der Waals surface area contributed by atoms with Gasteiger partial charge in [0.2, 0.25) is 0 Å². The van der Waals surface area contributed by atoms with Gasteiger partial charge in [-0.2, -0.15) is 0 Å². The number of hydrogen-bond acceptors (Lipinski definition) is 3. The summed E-state index contributed by atoms with van der Waals surface area (Å²) in [4.78, 5) is 10.7. The summed E-state index contributed by atoms with van der Waals surface area (Å²) in [6, 6.07) is 6.33. The molecule has 0 amide bonds. The normalized spacial score (nSPS) is 12.3. The van der Waals surface area contributed by atoms with Gasteiger partial charge < -0.3 is 15.5 Å². The number of aliphatic carboxylic acids is 1. The molecule has 0 spiro atoms. The molecule has 0 unspecified atom stereocenters. The number of aromatic hydroxyl groups is 1. The molecule has 1 rings (SSSR count). The zero-order chi connectivity index (χ0) is 11.3. The molecule has 15 heavy (non-hydrogen) atoms. The number of phenolic OH excluding ortho intramolecular Hbond substituents is 1. The first-order valence-corrected chi connectivity index (χ1v) is 4.81. The van der Waals surface area contributed by atoms with Crippen molar-refractivity contribution in [3.63, 3.8) is 0 Å². The number of carboxylic acids is 1. The molecule has 82 valence electrons. The summed E-state index contributed by atoms with van der Waals surface area (Å²) < 4.78 is 0. The number of carbonyl (C=O) groups is 1.